The molecule has 0 amide bonds. The molecule has 0 N–H and O–H groups in total. The first kappa shape index (κ1) is 10.4. The predicted octanol–water partition coefficient (Wildman–Crippen LogP) is 2.81. The fraction of sp³-hybridized carbons (Fsp3) is 0.700. The van der Waals surface area contributed by atoms with Crippen LogP contribution >= 0.6 is 0 Å². The highest BCUT2D eigenvalue weighted by Gasteiger charge is 1.98. The topological polar surface area (TPSA) is 17.1 Å². The Morgan fingerprint density at radius 2 is 1.91 bits per heavy atom. The summed E-state index contributed by atoms with van der Waals surface area (Å²) in [5.74, 6) is 0.776. The van der Waals surface area contributed by atoms with Gasteiger partial charge in [0.05, 0.1) is 0 Å². The van der Waals surface area contributed by atoms with E-state index in [2.05, 4.69) is 26.8 Å². The van der Waals surface area contributed by atoms with Crippen LogP contribution in [0.3, 0.4) is 0 Å². The molecule has 0 bridgehead atoms. The first-order valence-electron chi connectivity index (χ1n) is 4.19. The van der Waals surface area contributed by atoms with Crippen LogP contribution in [0.25, 0.3) is 0 Å². The second-order valence-corrected chi connectivity index (χ2v) is 3.45. The number of hydrogen-bond acceptors (Lipinski definition) is 1. The van der Waals surface area contributed by atoms with Crippen molar-refractivity contribution in [1.82, 2.24) is 0 Å². The first-order valence-corrected chi connectivity index (χ1v) is 4.19. The fourth-order valence-electron chi connectivity index (χ4n) is 0.663. The molecule has 0 rings (SSSR count). The molecule has 1 nitrogen and oxygen atoms in total. The highest BCUT2D eigenvalue weighted by Crippen LogP contribution is 2.10. The molecule has 0 heterocycles. The summed E-state index contributed by atoms with van der Waals surface area (Å²) in [6.07, 6.45) is 4.04. The largest absolute Gasteiger partial charge is 0.303 e. The number of allylic oxidation sites excluding steroid dienone is 2. The van der Waals surface area contributed by atoms with Gasteiger partial charge in [-0.05, 0) is 19.3 Å². The van der Waals surface area contributed by atoms with Gasteiger partial charge in [-0.2, -0.15) is 0 Å². The van der Waals surface area contributed by atoms with Crippen LogP contribution in [0.15, 0.2) is 11.6 Å². The van der Waals surface area contributed by atoms with E-state index in [-0.39, 0.29) is 5.92 Å². The van der Waals surface area contributed by atoms with E-state index in [0.29, 0.717) is 5.92 Å². The SMILES string of the molecule is C/C(=C\CC(C)C=O)C(C)C. The first-order chi connectivity index (χ1) is 5.07. The van der Waals surface area contributed by atoms with Crippen LogP contribution in [0.2, 0.25) is 0 Å². The number of rotatable bonds is 4. The molecular formula is C10H18O. The monoisotopic (exact) mass is 154 g/mol. The molecule has 0 aromatic rings. The molecule has 0 aromatic heterocycles. The van der Waals surface area contributed by atoms with Crippen LogP contribution in [0.1, 0.15) is 34.1 Å². The molecule has 0 saturated carbocycles. The normalized spacial score (nSPS) is 15.2. The van der Waals surface area contributed by atoms with Crippen molar-refractivity contribution in [1.29, 1.82) is 0 Å². The van der Waals surface area contributed by atoms with Crippen LogP contribution in [-0.2, 0) is 4.79 Å². The maximum absolute atomic E-state index is 10.3. The Balaban J connectivity index is 3.81. The lowest BCUT2D eigenvalue weighted by Crippen LogP contribution is -1.95. The quantitative estimate of drug-likeness (QED) is 0.449. The molecule has 0 aliphatic rings. The summed E-state index contributed by atoms with van der Waals surface area (Å²) < 4.78 is 0. The lowest BCUT2D eigenvalue weighted by Gasteiger charge is -2.05. The molecule has 0 saturated heterocycles. The molecule has 0 aromatic carbocycles. The average Bonchev–Trinajstić information content (AvgIpc) is 1.99. The highest BCUT2D eigenvalue weighted by molar-refractivity contribution is 5.53. The van der Waals surface area contributed by atoms with E-state index in [4.69, 9.17) is 0 Å². The van der Waals surface area contributed by atoms with Gasteiger partial charge in [-0.3, -0.25) is 0 Å². The summed E-state index contributed by atoms with van der Waals surface area (Å²) in [6, 6.07) is 0. The minimum absolute atomic E-state index is 0.170. The molecule has 1 atom stereocenters. The molecular weight excluding hydrogens is 136 g/mol. The van der Waals surface area contributed by atoms with Crippen molar-refractivity contribution in [2.75, 3.05) is 0 Å². The molecule has 0 aliphatic heterocycles. The fourth-order valence-corrected chi connectivity index (χ4v) is 0.663. The maximum atomic E-state index is 10.3. The zero-order valence-electron chi connectivity index (χ0n) is 7.92. The minimum atomic E-state index is 0.170. The minimum Gasteiger partial charge on any atom is -0.303 e. The predicted molar refractivity (Wildman–Crippen MR) is 48.4 cm³/mol. The summed E-state index contributed by atoms with van der Waals surface area (Å²) in [7, 11) is 0. The van der Waals surface area contributed by atoms with Crippen LogP contribution in [0, 0.1) is 11.8 Å². The van der Waals surface area contributed by atoms with Gasteiger partial charge in [0.15, 0.2) is 0 Å². The van der Waals surface area contributed by atoms with Gasteiger partial charge in [-0.15, -0.1) is 0 Å². The summed E-state index contributed by atoms with van der Waals surface area (Å²) >= 11 is 0. The second kappa shape index (κ2) is 5.11. The molecule has 0 fully saturated rings. The van der Waals surface area contributed by atoms with Gasteiger partial charge in [0.25, 0.3) is 0 Å². The van der Waals surface area contributed by atoms with Crippen LogP contribution in [0.4, 0.5) is 0 Å². The van der Waals surface area contributed by atoms with Crippen molar-refractivity contribution in [2.45, 2.75) is 34.1 Å². The standard InChI is InChI=1S/C10H18O/c1-8(2)10(4)6-5-9(3)7-11/h6-9H,5H2,1-4H3/b10-6+. The second-order valence-electron chi connectivity index (χ2n) is 3.45. The molecule has 64 valence electrons. The van der Waals surface area contributed by atoms with E-state index in [1.165, 1.54) is 5.57 Å². The Morgan fingerprint density at radius 1 is 1.36 bits per heavy atom. The molecule has 1 heteroatoms. The summed E-state index contributed by atoms with van der Waals surface area (Å²) in [5.41, 5.74) is 1.37. The maximum Gasteiger partial charge on any atom is 0.123 e. The van der Waals surface area contributed by atoms with Gasteiger partial charge in [0.1, 0.15) is 6.29 Å². The third-order valence-corrected chi connectivity index (χ3v) is 1.95. The Morgan fingerprint density at radius 3 is 2.27 bits per heavy atom. The Labute approximate surface area is 69.5 Å². The number of hydrogen-bond donors (Lipinski definition) is 0. The van der Waals surface area contributed by atoms with Crippen molar-refractivity contribution in [3.05, 3.63) is 11.6 Å². The van der Waals surface area contributed by atoms with Gasteiger partial charge in [0, 0.05) is 5.92 Å². The zero-order chi connectivity index (χ0) is 8.85. The Hall–Kier alpha value is -0.590. The van der Waals surface area contributed by atoms with Gasteiger partial charge in [-0.1, -0.05) is 32.4 Å². The molecule has 0 radical (unpaired) electrons. The van der Waals surface area contributed by atoms with Crippen molar-refractivity contribution in [2.24, 2.45) is 11.8 Å². The van der Waals surface area contributed by atoms with E-state index in [0.717, 1.165) is 12.7 Å². The lowest BCUT2D eigenvalue weighted by atomic mass is 10.0. The van der Waals surface area contributed by atoms with E-state index in [1.807, 2.05) is 6.92 Å². The van der Waals surface area contributed by atoms with Crippen LogP contribution in [0.5, 0.6) is 0 Å². The van der Waals surface area contributed by atoms with E-state index < -0.39 is 0 Å². The van der Waals surface area contributed by atoms with Crippen molar-refractivity contribution >= 4 is 6.29 Å². The smallest absolute Gasteiger partial charge is 0.123 e. The third kappa shape index (κ3) is 4.77. The van der Waals surface area contributed by atoms with Gasteiger partial charge < -0.3 is 4.79 Å². The van der Waals surface area contributed by atoms with Crippen molar-refractivity contribution in [3.63, 3.8) is 0 Å². The molecule has 0 aliphatic carbocycles. The Bertz CT molecular complexity index is 145. The number of aldehydes is 1. The number of carbonyl (C=O) groups excluding carboxylic acids is 1. The zero-order valence-corrected chi connectivity index (χ0v) is 7.92. The van der Waals surface area contributed by atoms with Gasteiger partial charge in [-0.25, -0.2) is 0 Å². The van der Waals surface area contributed by atoms with Gasteiger partial charge >= 0.3 is 0 Å². The summed E-state index contributed by atoms with van der Waals surface area (Å²) in [5, 5.41) is 0. The molecule has 0 spiro atoms. The van der Waals surface area contributed by atoms with Crippen molar-refractivity contribution < 1.29 is 4.79 Å². The highest BCUT2D eigenvalue weighted by atomic mass is 16.1. The average molecular weight is 154 g/mol. The molecule has 1 unspecified atom stereocenters. The third-order valence-electron chi connectivity index (χ3n) is 1.95. The summed E-state index contributed by atoms with van der Waals surface area (Å²) in [4.78, 5) is 10.3. The van der Waals surface area contributed by atoms with Crippen LogP contribution in [-0.4, -0.2) is 6.29 Å². The van der Waals surface area contributed by atoms with E-state index in [9.17, 15) is 4.79 Å². The van der Waals surface area contributed by atoms with Crippen molar-refractivity contribution in [3.8, 4) is 0 Å². The molecule has 11 heavy (non-hydrogen) atoms. The van der Waals surface area contributed by atoms with E-state index >= 15 is 0 Å². The Kier molecular flexibility index (Phi) is 4.84. The summed E-state index contributed by atoms with van der Waals surface area (Å²) in [6.45, 7) is 8.38. The van der Waals surface area contributed by atoms with E-state index in [1.54, 1.807) is 0 Å². The van der Waals surface area contributed by atoms with Gasteiger partial charge in [0.2, 0.25) is 0 Å². The van der Waals surface area contributed by atoms with Crippen LogP contribution < -0.4 is 0 Å². The lowest BCUT2D eigenvalue weighted by molar-refractivity contribution is -0.110. The number of carbonyl (C=O) groups is 1.